The van der Waals surface area contributed by atoms with Gasteiger partial charge in [0.2, 0.25) is 5.75 Å². The Bertz CT molecular complexity index is 1020. The number of benzene rings is 1. The summed E-state index contributed by atoms with van der Waals surface area (Å²) in [5.41, 5.74) is 0.301. The van der Waals surface area contributed by atoms with Crippen molar-refractivity contribution in [2.75, 3.05) is 32.8 Å². The average molecular weight is 474 g/mol. The highest BCUT2D eigenvalue weighted by atomic mass is 19.1. The van der Waals surface area contributed by atoms with E-state index >= 15 is 0 Å². The lowest BCUT2D eigenvalue weighted by Gasteiger charge is -2.43. The first-order valence-corrected chi connectivity index (χ1v) is 11.3. The second-order valence-electron chi connectivity index (χ2n) is 8.36. The van der Waals surface area contributed by atoms with Crippen molar-refractivity contribution in [1.82, 2.24) is 25.1 Å². The molecule has 3 heterocycles. The first-order valence-electron chi connectivity index (χ1n) is 11.3. The summed E-state index contributed by atoms with van der Waals surface area (Å²) >= 11 is 0. The van der Waals surface area contributed by atoms with Gasteiger partial charge in [-0.25, -0.2) is 9.37 Å². The number of hydrogen-bond donors (Lipinski definition) is 3. The van der Waals surface area contributed by atoms with Crippen molar-refractivity contribution >= 4 is 12.2 Å². The van der Waals surface area contributed by atoms with Gasteiger partial charge in [0.15, 0.2) is 17.8 Å². The Hall–Kier alpha value is -3.15. The Morgan fingerprint density at radius 2 is 1.91 bits per heavy atom. The Kier molecular flexibility index (Phi) is 7.66. The fourth-order valence-corrected chi connectivity index (χ4v) is 4.40. The first kappa shape index (κ1) is 24.0. The van der Waals surface area contributed by atoms with Crippen molar-refractivity contribution in [2.45, 2.75) is 38.0 Å². The van der Waals surface area contributed by atoms with Crippen LogP contribution >= 0.6 is 0 Å². The van der Waals surface area contributed by atoms with Gasteiger partial charge in [0.05, 0.1) is 19.3 Å². The number of morpholine rings is 1. The maximum absolute atomic E-state index is 13.1. The second kappa shape index (κ2) is 10.9. The molecule has 34 heavy (non-hydrogen) atoms. The fraction of sp³-hybridized carbons (Fsp3) is 0.478. The van der Waals surface area contributed by atoms with Crippen LogP contribution in [-0.2, 0) is 16.1 Å². The standard InChI is InChI=1S/C23H28FN5O5/c24-16-6-4-15(5-7-16)13-25-22(32)19-20(31)23(33)27-21(26-19)17-3-1-2-8-29(17)18(14-30)28-9-11-34-12-10-28/h4-7,14,17-18,31H,1-3,8-13H2,(H,25,32)(H,26,27,33). The molecule has 1 amide bonds. The van der Waals surface area contributed by atoms with E-state index in [4.69, 9.17) is 4.74 Å². The zero-order valence-electron chi connectivity index (χ0n) is 18.7. The molecule has 11 heteroatoms. The molecule has 2 unspecified atom stereocenters. The van der Waals surface area contributed by atoms with Crippen molar-refractivity contribution in [3.8, 4) is 11.6 Å². The average Bonchev–Trinajstić information content (AvgIpc) is 2.86. The fourth-order valence-electron chi connectivity index (χ4n) is 4.40. The van der Waals surface area contributed by atoms with E-state index < -0.39 is 29.7 Å². The number of amides is 1. The molecule has 0 aliphatic carbocycles. The Balaban J connectivity index is 1.56. The van der Waals surface area contributed by atoms with Crippen molar-refractivity contribution in [3.05, 3.63) is 47.2 Å². The van der Waals surface area contributed by atoms with Gasteiger partial charge in [0, 0.05) is 26.2 Å². The normalized spacial score (nSPS) is 20.6. The van der Waals surface area contributed by atoms with E-state index in [1.165, 1.54) is 24.3 Å². The van der Waals surface area contributed by atoms with E-state index in [9.17, 15) is 24.2 Å². The van der Waals surface area contributed by atoms with Crippen molar-refractivity contribution < 1.29 is 28.9 Å². The Labute approximate surface area is 196 Å². The highest BCUT2D eigenvalue weighted by Gasteiger charge is 2.36. The Morgan fingerprint density at radius 3 is 2.62 bits per heavy atom. The van der Waals surface area contributed by atoms with Crippen LogP contribution in [0.2, 0.25) is 0 Å². The quantitative estimate of drug-likeness (QED) is 0.510. The van der Waals surface area contributed by atoms with E-state index in [1.807, 2.05) is 9.80 Å². The number of aldehydes is 1. The molecule has 0 bridgehead atoms. The molecule has 2 fully saturated rings. The lowest BCUT2D eigenvalue weighted by atomic mass is 10.00. The van der Waals surface area contributed by atoms with Crippen LogP contribution in [0, 0.1) is 5.82 Å². The molecule has 182 valence electrons. The number of carbonyl (C=O) groups excluding carboxylic acids is 2. The van der Waals surface area contributed by atoms with E-state index in [0.29, 0.717) is 44.8 Å². The lowest BCUT2D eigenvalue weighted by Crippen LogP contribution is -2.55. The third-order valence-corrected chi connectivity index (χ3v) is 6.19. The smallest absolute Gasteiger partial charge is 0.274 e. The SMILES string of the molecule is O=CC(N1CCOCC1)N1CCCCC1c1nc(O)c(O)c(C(=O)NCc2ccc(F)cc2)n1. The number of ether oxygens (including phenoxy) is 1. The second-order valence-corrected chi connectivity index (χ2v) is 8.36. The molecule has 0 saturated carbocycles. The summed E-state index contributed by atoms with van der Waals surface area (Å²) in [7, 11) is 0. The predicted molar refractivity (Wildman–Crippen MR) is 118 cm³/mol. The highest BCUT2D eigenvalue weighted by Crippen LogP contribution is 2.35. The number of aromatic hydroxyl groups is 2. The van der Waals surface area contributed by atoms with Gasteiger partial charge in [-0.2, -0.15) is 4.98 Å². The molecule has 2 atom stereocenters. The number of likely N-dealkylation sites (tertiary alicyclic amines) is 1. The molecule has 2 aliphatic heterocycles. The van der Waals surface area contributed by atoms with E-state index in [0.717, 1.165) is 19.1 Å². The van der Waals surface area contributed by atoms with Gasteiger partial charge in [-0.05, 0) is 30.5 Å². The molecular weight excluding hydrogens is 445 g/mol. The highest BCUT2D eigenvalue weighted by molar-refractivity contribution is 5.95. The number of hydrogen-bond acceptors (Lipinski definition) is 9. The van der Waals surface area contributed by atoms with Crippen LogP contribution in [0.15, 0.2) is 24.3 Å². The number of nitrogens with one attached hydrogen (secondary N) is 1. The summed E-state index contributed by atoms with van der Waals surface area (Å²) in [6.45, 7) is 3.02. The largest absolute Gasteiger partial charge is 0.501 e. The molecule has 4 rings (SSSR count). The predicted octanol–water partition coefficient (Wildman–Crippen LogP) is 1.34. The molecule has 2 aliphatic rings. The van der Waals surface area contributed by atoms with Gasteiger partial charge in [-0.3, -0.25) is 14.6 Å². The van der Waals surface area contributed by atoms with Gasteiger partial charge in [-0.15, -0.1) is 0 Å². The number of rotatable bonds is 7. The van der Waals surface area contributed by atoms with Crippen LogP contribution in [-0.4, -0.2) is 81.2 Å². The van der Waals surface area contributed by atoms with Crippen LogP contribution in [0.4, 0.5) is 4.39 Å². The van der Waals surface area contributed by atoms with E-state index in [2.05, 4.69) is 15.3 Å². The van der Waals surface area contributed by atoms with Crippen LogP contribution in [0.3, 0.4) is 0 Å². The van der Waals surface area contributed by atoms with Gasteiger partial charge < -0.3 is 25.1 Å². The van der Waals surface area contributed by atoms with Gasteiger partial charge in [0.1, 0.15) is 12.0 Å². The number of carbonyl (C=O) groups is 2. The summed E-state index contributed by atoms with van der Waals surface area (Å²) < 4.78 is 18.5. The monoisotopic (exact) mass is 473 g/mol. The minimum atomic E-state index is -0.720. The number of piperidine rings is 1. The number of aromatic nitrogens is 2. The molecule has 1 aromatic heterocycles. The van der Waals surface area contributed by atoms with Crippen LogP contribution in [0.1, 0.15) is 47.2 Å². The third kappa shape index (κ3) is 5.32. The number of halogens is 1. The van der Waals surface area contributed by atoms with Crippen molar-refractivity contribution in [3.63, 3.8) is 0 Å². The van der Waals surface area contributed by atoms with Crippen LogP contribution in [0.5, 0.6) is 11.6 Å². The summed E-state index contributed by atoms with van der Waals surface area (Å²) in [6, 6.07) is 5.21. The maximum Gasteiger partial charge on any atom is 0.274 e. The van der Waals surface area contributed by atoms with Crippen molar-refractivity contribution in [2.24, 2.45) is 0 Å². The molecule has 2 aromatic rings. The lowest BCUT2D eigenvalue weighted by molar-refractivity contribution is -0.126. The first-order chi connectivity index (χ1) is 16.5. The number of nitrogens with zero attached hydrogens (tertiary/aromatic N) is 4. The topological polar surface area (TPSA) is 128 Å². The van der Waals surface area contributed by atoms with Crippen molar-refractivity contribution in [1.29, 1.82) is 0 Å². The molecule has 2 saturated heterocycles. The van der Waals surface area contributed by atoms with Crippen LogP contribution < -0.4 is 5.32 Å². The molecule has 3 N–H and O–H groups in total. The van der Waals surface area contributed by atoms with E-state index in [-0.39, 0.29) is 23.9 Å². The molecular formula is C23H28FN5O5. The third-order valence-electron chi connectivity index (χ3n) is 6.19. The van der Waals surface area contributed by atoms with Gasteiger partial charge in [-0.1, -0.05) is 18.6 Å². The van der Waals surface area contributed by atoms with Gasteiger partial charge in [0.25, 0.3) is 11.8 Å². The zero-order valence-corrected chi connectivity index (χ0v) is 18.7. The molecule has 0 radical (unpaired) electrons. The minimum absolute atomic E-state index is 0.0818. The van der Waals surface area contributed by atoms with E-state index in [1.54, 1.807) is 0 Å². The molecule has 1 aromatic carbocycles. The summed E-state index contributed by atoms with van der Waals surface area (Å²) in [5, 5.41) is 23.2. The summed E-state index contributed by atoms with van der Waals surface area (Å²) in [6.07, 6.45) is 2.77. The summed E-state index contributed by atoms with van der Waals surface area (Å²) in [4.78, 5) is 37.2. The maximum atomic E-state index is 13.1. The Morgan fingerprint density at radius 1 is 1.18 bits per heavy atom. The zero-order chi connectivity index (χ0) is 24.1. The van der Waals surface area contributed by atoms with Crippen LogP contribution in [0.25, 0.3) is 0 Å². The summed E-state index contributed by atoms with van der Waals surface area (Å²) in [5.74, 6) is -2.34. The minimum Gasteiger partial charge on any atom is -0.501 e. The molecule has 0 spiro atoms. The van der Waals surface area contributed by atoms with Gasteiger partial charge >= 0.3 is 0 Å². The molecule has 10 nitrogen and oxygen atoms in total.